The van der Waals surface area contributed by atoms with Gasteiger partial charge in [0.25, 0.3) is 5.91 Å². The average molecular weight is 312 g/mol. The zero-order valence-corrected chi connectivity index (χ0v) is 13.1. The first-order valence-corrected chi connectivity index (χ1v) is 7.70. The van der Waals surface area contributed by atoms with Crippen LogP contribution >= 0.6 is 22.9 Å². The Morgan fingerprint density at radius 3 is 2.75 bits per heavy atom. The number of hydrogen-bond donors (Lipinski definition) is 2. The van der Waals surface area contributed by atoms with Gasteiger partial charge in [0.15, 0.2) is 0 Å². The number of rotatable bonds is 5. The zero-order valence-electron chi connectivity index (χ0n) is 11.6. The van der Waals surface area contributed by atoms with Crippen LogP contribution in [0.15, 0.2) is 24.3 Å². The lowest BCUT2D eigenvalue weighted by molar-refractivity contribution is 0.0932. The predicted octanol–water partition coefficient (Wildman–Crippen LogP) is 3.69. The van der Waals surface area contributed by atoms with E-state index in [9.17, 15) is 4.79 Å². The number of hydrogen-bond acceptors (Lipinski definition) is 3. The normalized spacial score (nSPS) is 11.8. The lowest BCUT2D eigenvalue weighted by Gasteiger charge is -2.23. The monoisotopic (exact) mass is 311 g/mol. The van der Waals surface area contributed by atoms with Crippen molar-refractivity contribution in [3.05, 3.63) is 34.2 Å². The summed E-state index contributed by atoms with van der Waals surface area (Å²) in [5.74, 6) is -0.151. The predicted molar refractivity (Wildman–Crippen MR) is 84.7 cm³/mol. The number of fused-ring (bicyclic) bond motifs is 1. The van der Waals surface area contributed by atoms with Crippen molar-refractivity contribution in [2.24, 2.45) is 5.41 Å². The number of benzene rings is 1. The van der Waals surface area contributed by atoms with Gasteiger partial charge in [-0.05, 0) is 17.9 Å². The Bertz CT molecular complexity index is 621. The fourth-order valence-corrected chi connectivity index (χ4v) is 3.38. The molecule has 0 spiro atoms. The van der Waals surface area contributed by atoms with Crippen LogP contribution in [0.5, 0.6) is 0 Å². The fourth-order valence-electron chi connectivity index (χ4n) is 1.95. The van der Waals surface area contributed by atoms with Crippen LogP contribution in [0.25, 0.3) is 10.1 Å². The molecule has 0 radical (unpaired) electrons. The molecular weight excluding hydrogens is 294 g/mol. The molecule has 0 fully saturated rings. The first-order chi connectivity index (χ1) is 9.44. The van der Waals surface area contributed by atoms with Crippen molar-refractivity contribution in [1.29, 1.82) is 0 Å². The summed E-state index contributed by atoms with van der Waals surface area (Å²) in [6.45, 7) is 4.65. The van der Waals surface area contributed by atoms with Crippen LogP contribution in [0.3, 0.4) is 0 Å². The summed E-state index contributed by atoms with van der Waals surface area (Å²) in [7, 11) is 0. The van der Waals surface area contributed by atoms with E-state index in [1.165, 1.54) is 11.3 Å². The lowest BCUT2D eigenvalue weighted by Crippen LogP contribution is -2.34. The summed E-state index contributed by atoms with van der Waals surface area (Å²) in [4.78, 5) is 12.8. The molecule has 1 aromatic carbocycles. The van der Waals surface area contributed by atoms with Gasteiger partial charge < -0.3 is 10.4 Å². The van der Waals surface area contributed by atoms with Gasteiger partial charge in [-0.2, -0.15) is 0 Å². The van der Waals surface area contributed by atoms with Gasteiger partial charge in [0.05, 0.1) is 5.02 Å². The van der Waals surface area contributed by atoms with Crippen LogP contribution in [0.2, 0.25) is 5.02 Å². The smallest absolute Gasteiger partial charge is 0.262 e. The highest BCUT2D eigenvalue weighted by Crippen LogP contribution is 2.35. The number of thiophene rings is 1. The number of nitrogens with one attached hydrogen (secondary N) is 1. The molecule has 0 unspecified atom stereocenters. The van der Waals surface area contributed by atoms with E-state index in [2.05, 4.69) is 5.32 Å². The molecule has 1 aromatic heterocycles. The second-order valence-corrected chi connectivity index (χ2v) is 6.99. The summed E-state index contributed by atoms with van der Waals surface area (Å²) >= 11 is 7.68. The molecule has 2 rings (SSSR count). The van der Waals surface area contributed by atoms with E-state index < -0.39 is 0 Å². The Morgan fingerprint density at radius 2 is 2.10 bits per heavy atom. The van der Waals surface area contributed by atoms with Crippen LogP contribution in [-0.2, 0) is 0 Å². The van der Waals surface area contributed by atoms with Gasteiger partial charge in [-0.3, -0.25) is 4.79 Å². The first kappa shape index (κ1) is 15.3. The standard InChI is InChI=1S/C15H18ClNO2S/c1-15(2,7-8-18)9-17-14(19)13-12(16)10-5-3-4-6-11(10)20-13/h3-6,18H,7-9H2,1-2H3,(H,17,19). The molecule has 108 valence electrons. The number of aliphatic hydroxyl groups is 1. The average Bonchev–Trinajstić information content (AvgIpc) is 2.74. The summed E-state index contributed by atoms with van der Waals surface area (Å²) < 4.78 is 1.01. The van der Waals surface area contributed by atoms with Gasteiger partial charge in [-0.1, -0.05) is 43.6 Å². The van der Waals surface area contributed by atoms with Crippen molar-refractivity contribution in [3.63, 3.8) is 0 Å². The lowest BCUT2D eigenvalue weighted by atomic mass is 9.90. The highest BCUT2D eigenvalue weighted by molar-refractivity contribution is 7.21. The number of carbonyl (C=O) groups is 1. The fraction of sp³-hybridized carbons (Fsp3) is 0.400. The van der Waals surface area contributed by atoms with Crippen LogP contribution < -0.4 is 5.32 Å². The van der Waals surface area contributed by atoms with Gasteiger partial charge in [0.2, 0.25) is 0 Å². The van der Waals surface area contributed by atoms with E-state index in [1.54, 1.807) is 0 Å². The minimum Gasteiger partial charge on any atom is -0.396 e. The van der Waals surface area contributed by atoms with Crippen molar-refractivity contribution >= 4 is 38.9 Å². The molecule has 2 aromatic rings. The number of amides is 1. The Balaban J connectivity index is 2.14. The summed E-state index contributed by atoms with van der Waals surface area (Å²) in [5, 5.41) is 13.3. The van der Waals surface area contributed by atoms with Crippen LogP contribution in [0.4, 0.5) is 0 Å². The molecule has 5 heteroatoms. The summed E-state index contributed by atoms with van der Waals surface area (Å²) in [6.07, 6.45) is 0.646. The second kappa shape index (κ2) is 6.12. The van der Waals surface area contributed by atoms with Crippen LogP contribution in [0.1, 0.15) is 29.9 Å². The molecule has 20 heavy (non-hydrogen) atoms. The maximum Gasteiger partial charge on any atom is 0.262 e. The molecule has 1 heterocycles. The highest BCUT2D eigenvalue weighted by Gasteiger charge is 2.21. The second-order valence-electron chi connectivity index (χ2n) is 5.56. The van der Waals surface area contributed by atoms with E-state index in [1.807, 2.05) is 38.1 Å². The van der Waals surface area contributed by atoms with E-state index in [-0.39, 0.29) is 17.9 Å². The van der Waals surface area contributed by atoms with Gasteiger partial charge >= 0.3 is 0 Å². The van der Waals surface area contributed by atoms with Crippen molar-refractivity contribution < 1.29 is 9.90 Å². The minimum atomic E-state index is -0.151. The maximum absolute atomic E-state index is 12.2. The maximum atomic E-state index is 12.2. The molecule has 3 nitrogen and oxygen atoms in total. The minimum absolute atomic E-state index is 0.118. The molecular formula is C15H18ClNO2S. The molecule has 0 saturated carbocycles. The molecule has 2 N–H and O–H groups in total. The molecule has 0 aliphatic rings. The Morgan fingerprint density at radius 1 is 1.40 bits per heavy atom. The molecule has 1 amide bonds. The molecule has 0 saturated heterocycles. The van der Waals surface area contributed by atoms with Crippen LogP contribution in [-0.4, -0.2) is 24.2 Å². The topological polar surface area (TPSA) is 49.3 Å². The quantitative estimate of drug-likeness (QED) is 0.884. The Labute approximate surface area is 127 Å². The SMILES string of the molecule is CC(C)(CCO)CNC(=O)c1sc2ccccc2c1Cl. The van der Waals surface area contributed by atoms with Crippen molar-refractivity contribution in [1.82, 2.24) is 5.32 Å². The first-order valence-electron chi connectivity index (χ1n) is 6.51. The van der Waals surface area contributed by atoms with Gasteiger partial charge in [0.1, 0.15) is 4.88 Å². The Hall–Kier alpha value is -1.10. The number of aliphatic hydroxyl groups excluding tert-OH is 1. The number of halogens is 1. The molecule has 0 bridgehead atoms. The van der Waals surface area contributed by atoms with E-state index >= 15 is 0 Å². The summed E-state index contributed by atoms with van der Waals surface area (Å²) in [6, 6.07) is 7.72. The third-order valence-corrected chi connectivity index (χ3v) is 4.93. The third-order valence-electron chi connectivity index (χ3n) is 3.26. The highest BCUT2D eigenvalue weighted by atomic mass is 35.5. The van der Waals surface area contributed by atoms with Gasteiger partial charge in [-0.25, -0.2) is 0 Å². The van der Waals surface area contributed by atoms with E-state index in [0.717, 1.165) is 10.1 Å². The molecule has 0 aliphatic heterocycles. The van der Waals surface area contributed by atoms with Gasteiger partial charge in [-0.15, -0.1) is 11.3 Å². The third kappa shape index (κ3) is 3.32. The van der Waals surface area contributed by atoms with Crippen LogP contribution in [0, 0.1) is 5.41 Å². The van der Waals surface area contributed by atoms with Gasteiger partial charge in [0, 0.05) is 23.2 Å². The van der Waals surface area contributed by atoms with Crippen molar-refractivity contribution in [2.45, 2.75) is 20.3 Å². The van der Waals surface area contributed by atoms with Crippen molar-refractivity contribution in [3.8, 4) is 0 Å². The van der Waals surface area contributed by atoms with Crippen molar-refractivity contribution in [2.75, 3.05) is 13.2 Å². The summed E-state index contributed by atoms with van der Waals surface area (Å²) in [5.41, 5.74) is -0.131. The Kier molecular flexibility index (Phi) is 4.68. The number of carbonyl (C=O) groups excluding carboxylic acids is 1. The molecule has 0 atom stereocenters. The largest absolute Gasteiger partial charge is 0.396 e. The molecule has 0 aliphatic carbocycles. The zero-order chi connectivity index (χ0) is 14.8. The van der Waals surface area contributed by atoms with E-state index in [0.29, 0.717) is 22.9 Å². The van der Waals surface area contributed by atoms with E-state index in [4.69, 9.17) is 16.7 Å².